The number of aromatic nitrogens is 1. The van der Waals surface area contributed by atoms with Crippen molar-refractivity contribution >= 4 is 21.8 Å². The third kappa shape index (κ3) is 1.41. The molecule has 3 rings (SSSR count). The summed E-state index contributed by atoms with van der Waals surface area (Å²) in [5.74, 6) is 0. The van der Waals surface area contributed by atoms with Gasteiger partial charge in [-0.25, -0.2) is 0 Å². The van der Waals surface area contributed by atoms with Gasteiger partial charge in [0.1, 0.15) is 0 Å². The number of nitrogens with zero attached hydrogens (tertiary/aromatic N) is 1. The number of benzene rings is 2. The van der Waals surface area contributed by atoms with E-state index in [1.807, 2.05) is 0 Å². The van der Waals surface area contributed by atoms with Gasteiger partial charge in [-0.05, 0) is 30.3 Å². The van der Waals surface area contributed by atoms with Gasteiger partial charge in [-0.1, -0.05) is 12.1 Å². The molecule has 0 aliphatic heterocycles. The highest BCUT2D eigenvalue weighted by molar-refractivity contribution is 6.09. The molecule has 0 unspecified atom stereocenters. The fourth-order valence-corrected chi connectivity index (χ4v) is 2.38. The molecule has 3 aromatic rings. The number of rotatable bonds is 0. The van der Waals surface area contributed by atoms with Crippen LogP contribution in [0.15, 0.2) is 36.4 Å². The fourth-order valence-electron chi connectivity index (χ4n) is 2.38. The Balaban J connectivity index is 2.58. The van der Waals surface area contributed by atoms with Crippen LogP contribution in [-0.4, -0.2) is 4.57 Å². The molecule has 1 aromatic heterocycles. The molecule has 18 heavy (non-hydrogen) atoms. The predicted molar refractivity (Wildman–Crippen MR) is 64.3 cm³/mol. The van der Waals surface area contributed by atoms with E-state index in [0.29, 0.717) is 10.9 Å². The minimum absolute atomic E-state index is 0.249. The molecule has 1 radical (unpaired) electrons. The van der Waals surface area contributed by atoms with E-state index in [4.69, 9.17) is 0 Å². The van der Waals surface area contributed by atoms with Gasteiger partial charge < -0.3 is 4.57 Å². The zero-order chi connectivity index (χ0) is 12.9. The Morgan fingerprint density at radius 2 is 1.89 bits per heavy atom. The lowest BCUT2D eigenvalue weighted by Gasteiger charge is -2.08. The van der Waals surface area contributed by atoms with Gasteiger partial charge in [0.15, 0.2) is 0 Å². The summed E-state index contributed by atoms with van der Waals surface area (Å²) in [6, 6.07) is 12.2. The van der Waals surface area contributed by atoms with Gasteiger partial charge in [0.2, 0.25) is 0 Å². The highest BCUT2D eigenvalue weighted by Gasteiger charge is 2.33. The first-order valence-corrected chi connectivity index (χ1v) is 5.44. The van der Waals surface area contributed by atoms with Crippen LogP contribution in [0, 0.1) is 6.07 Å². The normalized spacial score (nSPS) is 12.4. The Morgan fingerprint density at radius 1 is 1.11 bits per heavy atom. The first-order valence-electron chi connectivity index (χ1n) is 5.44. The van der Waals surface area contributed by atoms with Crippen LogP contribution in [-0.2, 0) is 13.2 Å². The summed E-state index contributed by atoms with van der Waals surface area (Å²) in [6.07, 6.45) is -4.34. The van der Waals surface area contributed by atoms with Crippen molar-refractivity contribution in [2.75, 3.05) is 0 Å². The summed E-state index contributed by atoms with van der Waals surface area (Å²) in [7, 11) is 1.77. The molecular formula is C14H9F3N. The number of aryl methyl sites for hydroxylation is 1. The molecule has 0 amide bonds. The molecule has 0 bridgehead atoms. The number of alkyl halides is 3. The third-order valence-corrected chi connectivity index (χ3v) is 3.18. The molecule has 0 saturated carbocycles. The molecule has 0 spiro atoms. The van der Waals surface area contributed by atoms with E-state index in [1.54, 1.807) is 35.9 Å². The Kier molecular flexibility index (Phi) is 2.17. The molecule has 0 aliphatic rings. The van der Waals surface area contributed by atoms with E-state index >= 15 is 0 Å². The summed E-state index contributed by atoms with van der Waals surface area (Å²) in [5.41, 5.74) is 0.769. The lowest BCUT2D eigenvalue weighted by atomic mass is 10.1. The first-order chi connectivity index (χ1) is 8.50. The Bertz CT molecular complexity index is 738. The van der Waals surface area contributed by atoms with Crippen molar-refractivity contribution in [1.29, 1.82) is 0 Å². The molecule has 4 heteroatoms. The Morgan fingerprint density at radius 3 is 2.61 bits per heavy atom. The van der Waals surface area contributed by atoms with Crippen molar-refractivity contribution in [1.82, 2.24) is 4.57 Å². The summed E-state index contributed by atoms with van der Waals surface area (Å²) >= 11 is 0. The summed E-state index contributed by atoms with van der Waals surface area (Å²) < 4.78 is 40.9. The van der Waals surface area contributed by atoms with Crippen LogP contribution in [0.1, 0.15) is 5.56 Å². The van der Waals surface area contributed by atoms with Crippen LogP contribution in [0.2, 0.25) is 0 Å². The molecule has 0 N–H and O–H groups in total. The van der Waals surface area contributed by atoms with Crippen LogP contribution < -0.4 is 0 Å². The maximum atomic E-state index is 13.0. The maximum Gasteiger partial charge on any atom is 0.417 e. The van der Waals surface area contributed by atoms with Crippen LogP contribution in [0.5, 0.6) is 0 Å². The lowest BCUT2D eigenvalue weighted by molar-refractivity contribution is -0.136. The number of hydrogen-bond donors (Lipinski definition) is 0. The van der Waals surface area contributed by atoms with E-state index in [-0.39, 0.29) is 5.39 Å². The SMILES string of the molecule is Cn1c2cc[c]cc2c2c(C(F)(F)F)cccc21. The van der Waals surface area contributed by atoms with Crippen molar-refractivity contribution < 1.29 is 13.2 Å². The molecule has 1 nitrogen and oxygen atoms in total. The smallest absolute Gasteiger partial charge is 0.344 e. The standard InChI is InChI=1S/C14H9F3N/c1-18-11-7-3-2-5-9(11)13-10(14(15,16)17)6-4-8-12(13)18/h3-8H,1H3. The highest BCUT2D eigenvalue weighted by Crippen LogP contribution is 2.39. The molecule has 0 saturated heterocycles. The minimum Gasteiger partial charge on any atom is -0.344 e. The summed E-state index contributed by atoms with van der Waals surface area (Å²) in [4.78, 5) is 0. The van der Waals surface area contributed by atoms with E-state index in [9.17, 15) is 13.2 Å². The quantitative estimate of drug-likeness (QED) is 0.563. The average molecular weight is 248 g/mol. The molecule has 1 heterocycles. The highest BCUT2D eigenvalue weighted by atomic mass is 19.4. The molecule has 2 aromatic carbocycles. The number of halogens is 3. The van der Waals surface area contributed by atoms with Crippen molar-refractivity contribution in [3.8, 4) is 0 Å². The second-order valence-corrected chi connectivity index (χ2v) is 4.20. The second kappa shape index (κ2) is 3.51. The van der Waals surface area contributed by atoms with Gasteiger partial charge in [-0.3, -0.25) is 0 Å². The van der Waals surface area contributed by atoms with Gasteiger partial charge in [0, 0.05) is 28.9 Å². The summed E-state index contributed by atoms with van der Waals surface area (Å²) in [6.45, 7) is 0. The molecule has 0 atom stereocenters. The van der Waals surface area contributed by atoms with Crippen LogP contribution in [0.3, 0.4) is 0 Å². The fraction of sp³-hybridized carbons (Fsp3) is 0.143. The molecular weight excluding hydrogens is 239 g/mol. The van der Waals surface area contributed by atoms with Crippen molar-refractivity contribution in [2.24, 2.45) is 7.05 Å². The van der Waals surface area contributed by atoms with Crippen LogP contribution in [0.4, 0.5) is 13.2 Å². The Hall–Kier alpha value is -1.97. The molecule has 0 aliphatic carbocycles. The minimum atomic E-state index is -4.34. The monoisotopic (exact) mass is 248 g/mol. The van der Waals surface area contributed by atoms with Crippen molar-refractivity contribution in [2.45, 2.75) is 6.18 Å². The lowest BCUT2D eigenvalue weighted by Crippen LogP contribution is -2.05. The van der Waals surface area contributed by atoms with E-state index < -0.39 is 11.7 Å². The zero-order valence-electron chi connectivity index (χ0n) is 9.55. The van der Waals surface area contributed by atoms with Gasteiger partial charge in [0.25, 0.3) is 0 Å². The third-order valence-electron chi connectivity index (χ3n) is 3.18. The van der Waals surface area contributed by atoms with Crippen LogP contribution >= 0.6 is 0 Å². The van der Waals surface area contributed by atoms with Crippen molar-refractivity contribution in [3.05, 3.63) is 48.0 Å². The van der Waals surface area contributed by atoms with Crippen molar-refractivity contribution in [3.63, 3.8) is 0 Å². The Labute approximate surface area is 101 Å². The van der Waals surface area contributed by atoms with E-state index in [0.717, 1.165) is 11.6 Å². The van der Waals surface area contributed by atoms with Gasteiger partial charge in [0.05, 0.1) is 5.56 Å². The predicted octanol–water partition coefficient (Wildman–Crippen LogP) is 4.15. The van der Waals surface area contributed by atoms with Gasteiger partial charge >= 0.3 is 6.18 Å². The van der Waals surface area contributed by atoms with E-state index in [1.165, 1.54) is 6.07 Å². The number of hydrogen-bond acceptors (Lipinski definition) is 0. The second-order valence-electron chi connectivity index (χ2n) is 4.20. The van der Waals surface area contributed by atoms with E-state index in [2.05, 4.69) is 6.07 Å². The summed E-state index contributed by atoms with van der Waals surface area (Å²) in [5, 5.41) is 0.835. The maximum absolute atomic E-state index is 13.0. The first kappa shape index (κ1) is 11.1. The largest absolute Gasteiger partial charge is 0.417 e. The molecule has 91 valence electrons. The average Bonchev–Trinajstić information content (AvgIpc) is 2.63. The zero-order valence-corrected chi connectivity index (χ0v) is 9.55. The molecule has 0 fully saturated rings. The topological polar surface area (TPSA) is 4.93 Å². The van der Waals surface area contributed by atoms with Gasteiger partial charge in [-0.15, -0.1) is 0 Å². The van der Waals surface area contributed by atoms with Crippen LogP contribution in [0.25, 0.3) is 21.8 Å². The van der Waals surface area contributed by atoms with Gasteiger partial charge in [-0.2, -0.15) is 13.2 Å². The number of fused-ring (bicyclic) bond motifs is 3.